The first-order valence-corrected chi connectivity index (χ1v) is 9.17. The maximum atomic E-state index is 12.4. The van der Waals surface area contributed by atoms with Crippen molar-refractivity contribution in [2.75, 3.05) is 6.79 Å². The van der Waals surface area contributed by atoms with E-state index in [1.807, 2.05) is 18.2 Å². The van der Waals surface area contributed by atoms with Crippen LogP contribution in [0.1, 0.15) is 42.0 Å². The molecule has 140 valence electrons. The second kappa shape index (κ2) is 6.99. The Labute approximate surface area is 158 Å². The normalized spacial score (nSPS) is 12.7. The maximum Gasteiger partial charge on any atom is 0.231 e. The van der Waals surface area contributed by atoms with E-state index >= 15 is 0 Å². The number of nitrogens with one attached hydrogen (secondary N) is 1. The Hall–Kier alpha value is -2.95. The first kappa shape index (κ1) is 17.5. The minimum absolute atomic E-state index is 0.0398. The summed E-state index contributed by atoms with van der Waals surface area (Å²) in [5, 5.41) is 3.98. The molecule has 5 heteroatoms. The van der Waals surface area contributed by atoms with Crippen molar-refractivity contribution in [1.29, 1.82) is 0 Å². The number of amides is 1. The third-order valence-electron chi connectivity index (χ3n) is 4.94. The van der Waals surface area contributed by atoms with Crippen LogP contribution in [-0.4, -0.2) is 12.7 Å². The molecule has 2 heterocycles. The first-order chi connectivity index (χ1) is 13.0. The topological polar surface area (TPSA) is 60.7 Å². The van der Waals surface area contributed by atoms with Crippen molar-refractivity contribution in [3.05, 3.63) is 58.8 Å². The molecule has 2 aromatic carbocycles. The molecule has 0 fully saturated rings. The highest BCUT2D eigenvalue weighted by Gasteiger charge is 2.15. The fourth-order valence-corrected chi connectivity index (χ4v) is 3.49. The molecule has 0 unspecified atom stereocenters. The molecule has 0 radical (unpaired) electrons. The Balaban J connectivity index is 1.45. The predicted molar refractivity (Wildman–Crippen MR) is 103 cm³/mol. The molecule has 27 heavy (non-hydrogen) atoms. The maximum absolute atomic E-state index is 12.4. The van der Waals surface area contributed by atoms with Crippen LogP contribution in [0, 0.1) is 6.92 Å². The number of benzene rings is 2. The average Bonchev–Trinajstić information content (AvgIpc) is 3.25. The van der Waals surface area contributed by atoms with Crippen LogP contribution in [0.2, 0.25) is 0 Å². The van der Waals surface area contributed by atoms with Crippen molar-refractivity contribution in [3.63, 3.8) is 0 Å². The second-order valence-corrected chi connectivity index (χ2v) is 7.26. The smallest absolute Gasteiger partial charge is 0.231 e. The van der Waals surface area contributed by atoms with Crippen LogP contribution in [-0.2, 0) is 17.8 Å². The third-order valence-corrected chi connectivity index (χ3v) is 4.94. The highest BCUT2D eigenvalue weighted by atomic mass is 16.7. The number of fused-ring (bicyclic) bond motifs is 2. The van der Waals surface area contributed by atoms with Crippen molar-refractivity contribution in [2.45, 2.75) is 39.7 Å². The zero-order chi connectivity index (χ0) is 19.0. The first-order valence-electron chi connectivity index (χ1n) is 9.17. The number of furan rings is 1. The van der Waals surface area contributed by atoms with Crippen LogP contribution in [0.5, 0.6) is 11.5 Å². The standard InChI is InChI=1S/C22H23NO4/c1-13(2)17-9-18-16(11-25-20(18)6-14(17)3)8-22(24)23-10-15-4-5-19-21(7-15)27-12-26-19/h4-7,9,11,13H,8,10,12H2,1-3H3,(H,23,24). The van der Waals surface area contributed by atoms with Gasteiger partial charge in [-0.1, -0.05) is 19.9 Å². The minimum atomic E-state index is -0.0398. The van der Waals surface area contributed by atoms with Crippen LogP contribution in [0.3, 0.4) is 0 Å². The molecule has 0 spiro atoms. The van der Waals surface area contributed by atoms with Crippen molar-refractivity contribution in [3.8, 4) is 11.5 Å². The largest absolute Gasteiger partial charge is 0.464 e. The molecular formula is C22H23NO4. The highest BCUT2D eigenvalue weighted by molar-refractivity contribution is 5.88. The summed E-state index contributed by atoms with van der Waals surface area (Å²) in [5.74, 6) is 1.85. The van der Waals surface area contributed by atoms with Crippen LogP contribution in [0.15, 0.2) is 41.0 Å². The molecule has 1 N–H and O–H groups in total. The van der Waals surface area contributed by atoms with E-state index < -0.39 is 0 Å². The van der Waals surface area contributed by atoms with Gasteiger partial charge in [-0.25, -0.2) is 0 Å². The van der Waals surface area contributed by atoms with Crippen LogP contribution >= 0.6 is 0 Å². The summed E-state index contributed by atoms with van der Waals surface area (Å²) in [6.45, 7) is 7.13. The van der Waals surface area contributed by atoms with Crippen molar-refractivity contribution in [2.24, 2.45) is 0 Å². The van der Waals surface area contributed by atoms with E-state index in [1.165, 1.54) is 11.1 Å². The molecule has 3 aromatic rings. The van der Waals surface area contributed by atoms with Gasteiger partial charge in [0.2, 0.25) is 12.7 Å². The third kappa shape index (κ3) is 3.50. The molecule has 1 aliphatic heterocycles. The molecule has 1 amide bonds. The van der Waals surface area contributed by atoms with Gasteiger partial charge in [0.05, 0.1) is 12.7 Å². The van der Waals surface area contributed by atoms with Gasteiger partial charge in [-0.2, -0.15) is 0 Å². The van der Waals surface area contributed by atoms with Gasteiger partial charge in [-0.05, 0) is 53.8 Å². The number of carbonyl (C=O) groups is 1. The van der Waals surface area contributed by atoms with E-state index in [0.717, 1.165) is 33.6 Å². The molecule has 5 nitrogen and oxygen atoms in total. The summed E-state index contributed by atoms with van der Waals surface area (Å²) in [6.07, 6.45) is 1.98. The van der Waals surface area contributed by atoms with Crippen molar-refractivity contribution >= 4 is 16.9 Å². The molecule has 1 aromatic heterocycles. The zero-order valence-corrected chi connectivity index (χ0v) is 15.8. The molecular weight excluding hydrogens is 342 g/mol. The summed E-state index contributed by atoms with van der Waals surface area (Å²) in [4.78, 5) is 12.4. The number of carbonyl (C=O) groups excluding carboxylic acids is 1. The number of rotatable bonds is 5. The quantitative estimate of drug-likeness (QED) is 0.725. The minimum Gasteiger partial charge on any atom is -0.464 e. The van der Waals surface area contributed by atoms with Gasteiger partial charge in [-0.3, -0.25) is 4.79 Å². The van der Waals surface area contributed by atoms with Crippen molar-refractivity contribution < 1.29 is 18.7 Å². The van der Waals surface area contributed by atoms with E-state index in [0.29, 0.717) is 12.5 Å². The van der Waals surface area contributed by atoms with E-state index in [4.69, 9.17) is 13.9 Å². The van der Waals surface area contributed by atoms with E-state index in [9.17, 15) is 4.79 Å². The lowest BCUT2D eigenvalue weighted by atomic mass is 9.95. The number of hydrogen-bond acceptors (Lipinski definition) is 4. The predicted octanol–water partition coefficient (Wildman–Crippen LogP) is 4.45. The number of aryl methyl sites for hydroxylation is 1. The van der Waals surface area contributed by atoms with Crippen LogP contribution in [0.25, 0.3) is 11.0 Å². The Morgan fingerprint density at radius 3 is 2.78 bits per heavy atom. The van der Waals surface area contributed by atoms with Gasteiger partial charge in [0, 0.05) is 17.5 Å². The van der Waals surface area contributed by atoms with Crippen LogP contribution in [0.4, 0.5) is 0 Å². The highest BCUT2D eigenvalue weighted by Crippen LogP contribution is 2.32. The summed E-state index contributed by atoms with van der Waals surface area (Å²) in [6, 6.07) is 9.90. The molecule has 4 rings (SSSR count). The van der Waals surface area contributed by atoms with E-state index in [2.05, 4.69) is 38.2 Å². The lowest BCUT2D eigenvalue weighted by Gasteiger charge is -2.10. The number of ether oxygens (including phenoxy) is 2. The molecule has 0 aliphatic carbocycles. The molecule has 0 saturated carbocycles. The molecule has 1 aliphatic rings. The SMILES string of the molecule is Cc1cc2occ(CC(=O)NCc3ccc4c(c3)OCO4)c2cc1C(C)C. The van der Waals surface area contributed by atoms with Gasteiger partial charge >= 0.3 is 0 Å². The van der Waals surface area contributed by atoms with Gasteiger partial charge in [0.1, 0.15) is 5.58 Å². The van der Waals surface area contributed by atoms with Gasteiger partial charge < -0.3 is 19.2 Å². The van der Waals surface area contributed by atoms with Gasteiger partial charge in [0.25, 0.3) is 0 Å². The Morgan fingerprint density at radius 2 is 1.96 bits per heavy atom. The zero-order valence-electron chi connectivity index (χ0n) is 15.8. The lowest BCUT2D eigenvalue weighted by Crippen LogP contribution is -2.24. The van der Waals surface area contributed by atoms with Gasteiger partial charge in [0.15, 0.2) is 11.5 Å². The Morgan fingerprint density at radius 1 is 1.15 bits per heavy atom. The molecule has 0 atom stereocenters. The number of hydrogen-bond donors (Lipinski definition) is 1. The molecule has 0 bridgehead atoms. The van der Waals surface area contributed by atoms with Crippen LogP contribution < -0.4 is 14.8 Å². The van der Waals surface area contributed by atoms with E-state index in [-0.39, 0.29) is 19.1 Å². The summed E-state index contributed by atoms with van der Waals surface area (Å²) < 4.78 is 16.3. The lowest BCUT2D eigenvalue weighted by molar-refractivity contribution is -0.120. The second-order valence-electron chi connectivity index (χ2n) is 7.26. The summed E-state index contributed by atoms with van der Waals surface area (Å²) in [5.41, 5.74) is 5.21. The monoisotopic (exact) mass is 365 g/mol. The summed E-state index contributed by atoms with van der Waals surface area (Å²) >= 11 is 0. The average molecular weight is 365 g/mol. The Bertz CT molecular complexity index is 1000. The summed E-state index contributed by atoms with van der Waals surface area (Å²) in [7, 11) is 0. The van der Waals surface area contributed by atoms with Gasteiger partial charge in [-0.15, -0.1) is 0 Å². The molecule has 0 saturated heterocycles. The van der Waals surface area contributed by atoms with E-state index in [1.54, 1.807) is 6.26 Å². The fraction of sp³-hybridized carbons (Fsp3) is 0.318. The fourth-order valence-electron chi connectivity index (χ4n) is 3.49. The Kier molecular flexibility index (Phi) is 4.52. The van der Waals surface area contributed by atoms with Crippen molar-refractivity contribution in [1.82, 2.24) is 5.32 Å².